The molecule has 0 saturated carbocycles. The number of carbonyl (C=O) groups excluding carboxylic acids is 1. The highest BCUT2D eigenvalue weighted by Gasteiger charge is 2.28. The summed E-state index contributed by atoms with van der Waals surface area (Å²) in [5.74, 6) is 0. The molecule has 1 aromatic carbocycles. The van der Waals surface area contributed by atoms with Gasteiger partial charge in [0.15, 0.2) is 0 Å². The molecule has 0 fully saturated rings. The normalized spacial score (nSPS) is 18.3. The van der Waals surface area contributed by atoms with Gasteiger partial charge in [0.2, 0.25) is 0 Å². The molecule has 1 aliphatic heterocycles. The highest BCUT2D eigenvalue weighted by molar-refractivity contribution is 9.10. The van der Waals surface area contributed by atoms with E-state index in [2.05, 4.69) is 53.0 Å². The average molecular weight is 472 g/mol. The Morgan fingerprint density at radius 3 is 2.71 bits per heavy atom. The van der Waals surface area contributed by atoms with E-state index in [4.69, 9.17) is 14.2 Å². The Labute approximate surface area is 178 Å². The number of benzene rings is 1. The van der Waals surface area contributed by atoms with Gasteiger partial charge < -0.3 is 14.2 Å². The highest BCUT2D eigenvalue weighted by Crippen LogP contribution is 2.34. The van der Waals surface area contributed by atoms with Crippen molar-refractivity contribution in [3.05, 3.63) is 33.8 Å². The SMILES string of the molecule is CC(C)(C)OC(=O)N[C@@H](C[C@H]1OCCc2c(Br)cccc21)OCC[Si](C)(C)C. The van der Waals surface area contributed by atoms with Gasteiger partial charge in [-0.15, -0.1) is 0 Å². The van der Waals surface area contributed by atoms with E-state index >= 15 is 0 Å². The van der Waals surface area contributed by atoms with Crippen molar-refractivity contribution in [1.82, 2.24) is 5.32 Å². The van der Waals surface area contributed by atoms with Gasteiger partial charge in [0.1, 0.15) is 11.8 Å². The van der Waals surface area contributed by atoms with Crippen LogP contribution in [0.15, 0.2) is 22.7 Å². The minimum Gasteiger partial charge on any atom is -0.444 e. The molecular formula is C21H34BrNO4Si. The van der Waals surface area contributed by atoms with Crippen molar-refractivity contribution in [1.29, 1.82) is 0 Å². The van der Waals surface area contributed by atoms with Crippen LogP contribution in [0.25, 0.3) is 0 Å². The zero-order valence-electron chi connectivity index (χ0n) is 17.9. The van der Waals surface area contributed by atoms with Crippen LogP contribution in [0.1, 0.15) is 44.4 Å². The van der Waals surface area contributed by atoms with Crippen LogP contribution >= 0.6 is 15.9 Å². The largest absolute Gasteiger partial charge is 0.444 e. The second-order valence-corrected chi connectivity index (χ2v) is 15.9. The summed E-state index contributed by atoms with van der Waals surface area (Å²) in [5, 5.41) is 2.89. The maximum atomic E-state index is 12.3. The van der Waals surface area contributed by atoms with Crippen LogP contribution in [0.4, 0.5) is 4.79 Å². The molecule has 1 amide bonds. The molecule has 0 bridgehead atoms. The summed E-state index contributed by atoms with van der Waals surface area (Å²) in [4.78, 5) is 12.3. The summed E-state index contributed by atoms with van der Waals surface area (Å²) in [7, 11) is -1.23. The third-order valence-electron chi connectivity index (χ3n) is 4.45. The summed E-state index contributed by atoms with van der Waals surface area (Å²) >= 11 is 3.64. The number of hydrogen-bond donors (Lipinski definition) is 1. The molecule has 0 spiro atoms. The number of ether oxygens (including phenoxy) is 3. The summed E-state index contributed by atoms with van der Waals surface area (Å²) in [6.45, 7) is 13.8. The maximum Gasteiger partial charge on any atom is 0.409 e. The predicted molar refractivity (Wildman–Crippen MR) is 118 cm³/mol. The van der Waals surface area contributed by atoms with Crippen molar-refractivity contribution in [3.8, 4) is 0 Å². The second kappa shape index (κ2) is 9.74. The van der Waals surface area contributed by atoms with Crippen molar-refractivity contribution in [2.75, 3.05) is 13.2 Å². The summed E-state index contributed by atoms with van der Waals surface area (Å²) in [6, 6.07) is 7.21. The molecule has 158 valence electrons. The van der Waals surface area contributed by atoms with E-state index in [9.17, 15) is 4.79 Å². The Balaban J connectivity index is 2.09. The van der Waals surface area contributed by atoms with E-state index in [1.807, 2.05) is 26.8 Å². The van der Waals surface area contributed by atoms with Gasteiger partial charge in [0, 0.05) is 25.6 Å². The Bertz CT molecular complexity index is 669. The van der Waals surface area contributed by atoms with Gasteiger partial charge >= 0.3 is 6.09 Å². The van der Waals surface area contributed by atoms with Crippen LogP contribution in [-0.2, 0) is 20.6 Å². The van der Waals surface area contributed by atoms with Gasteiger partial charge in [0.05, 0.1) is 12.7 Å². The smallest absolute Gasteiger partial charge is 0.409 e. The molecule has 1 N–H and O–H groups in total. The van der Waals surface area contributed by atoms with Crippen LogP contribution in [-0.4, -0.2) is 39.2 Å². The molecule has 1 aliphatic rings. The molecule has 0 unspecified atom stereocenters. The van der Waals surface area contributed by atoms with E-state index in [0.717, 1.165) is 22.5 Å². The molecule has 0 saturated heterocycles. The number of hydrogen-bond acceptors (Lipinski definition) is 4. The van der Waals surface area contributed by atoms with Crippen LogP contribution in [0.3, 0.4) is 0 Å². The lowest BCUT2D eigenvalue weighted by Gasteiger charge is -2.31. The number of nitrogens with one attached hydrogen (secondary N) is 1. The van der Waals surface area contributed by atoms with Crippen molar-refractivity contribution in [2.24, 2.45) is 0 Å². The van der Waals surface area contributed by atoms with Gasteiger partial charge in [0.25, 0.3) is 0 Å². The van der Waals surface area contributed by atoms with Gasteiger partial charge in [-0.25, -0.2) is 4.79 Å². The molecule has 28 heavy (non-hydrogen) atoms. The van der Waals surface area contributed by atoms with Crippen LogP contribution in [0.2, 0.25) is 25.7 Å². The zero-order valence-corrected chi connectivity index (χ0v) is 20.5. The van der Waals surface area contributed by atoms with Crippen molar-refractivity contribution in [3.63, 3.8) is 0 Å². The van der Waals surface area contributed by atoms with E-state index in [0.29, 0.717) is 19.6 Å². The molecular weight excluding hydrogens is 438 g/mol. The Morgan fingerprint density at radius 2 is 2.07 bits per heavy atom. The third kappa shape index (κ3) is 7.85. The van der Waals surface area contributed by atoms with Gasteiger partial charge in [-0.05, 0) is 50.4 Å². The Hall–Kier alpha value is -0.893. The quantitative estimate of drug-likeness (QED) is 0.411. The number of halogens is 1. The predicted octanol–water partition coefficient (Wildman–Crippen LogP) is 5.66. The first kappa shape index (κ1) is 23.4. The number of alkyl carbamates (subject to hydrolysis) is 1. The number of amides is 1. The first-order chi connectivity index (χ1) is 12.9. The van der Waals surface area contributed by atoms with Crippen LogP contribution < -0.4 is 5.32 Å². The molecule has 2 rings (SSSR count). The number of carbonyl (C=O) groups is 1. The summed E-state index contributed by atoms with van der Waals surface area (Å²) < 4.78 is 18.6. The standard InChI is InChI=1S/C21H34BrNO4Si/c1-21(2,3)27-20(24)23-19(26-12-13-28(4,5)6)14-18-16-8-7-9-17(22)15(16)10-11-25-18/h7-9,18-19H,10-14H2,1-6H3,(H,23,24)/t18-,19-/m1/s1. The lowest BCUT2D eigenvalue weighted by molar-refractivity contribution is -0.0374. The molecule has 7 heteroatoms. The van der Waals surface area contributed by atoms with Gasteiger partial charge in [-0.1, -0.05) is 47.7 Å². The summed E-state index contributed by atoms with van der Waals surface area (Å²) in [5.41, 5.74) is 1.88. The summed E-state index contributed by atoms with van der Waals surface area (Å²) in [6.07, 6.45) is 0.396. The van der Waals surface area contributed by atoms with Crippen molar-refractivity contribution >= 4 is 30.1 Å². The Kier molecular flexibility index (Phi) is 8.13. The van der Waals surface area contributed by atoms with Crippen LogP contribution in [0, 0.1) is 0 Å². The lowest BCUT2D eigenvalue weighted by Crippen LogP contribution is -2.42. The number of fused-ring (bicyclic) bond motifs is 1. The fourth-order valence-corrected chi connectivity index (χ4v) is 4.35. The lowest BCUT2D eigenvalue weighted by atomic mass is 9.95. The highest BCUT2D eigenvalue weighted by atomic mass is 79.9. The molecule has 1 aromatic rings. The first-order valence-electron chi connectivity index (χ1n) is 9.95. The van der Waals surface area contributed by atoms with Crippen molar-refractivity contribution in [2.45, 2.75) is 77.2 Å². The van der Waals surface area contributed by atoms with E-state index in [1.54, 1.807) is 0 Å². The molecule has 0 aromatic heterocycles. The number of rotatable bonds is 7. The molecule has 2 atom stereocenters. The fraction of sp³-hybridized carbons (Fsp3) is 0.667. The first-order valence-corrected chi connectivity index (χ1v) is 14.4. The minimum atomic E-state index is -1.23. The fourth-order valence-electron chi connectivity index (χ4n) is 3.04. The van der Waals surface area contributed by atoms with Crippen molar-refractivity contribution < 1.29 is 19.0 Å². The monoisotopic (exact) mass is 471 g/mol. The zero-order chi connectivity index (χ0) is 20.9. The van der Waals surface area contributed by atoms with E-state index < -0.39 is 26.0 Å². The second-order valence-electron chi connectivity index (χ2n) is 9.47. The Morgan fingerprint density at radius 1 is 1.36 bits per heavy atom. The topological polar surface area (TPSA) is 56.8 Å². The van der Waals surface area contributed by atoms with Crippen LogP contribution in [0.5, 0.6) is 0 Å². The molecule has 0 aliphatic carbocycles. The third-order valence-corrected chi connectivity index (χ3v) is 6.90. The minimum absolute atomic E-state index is 0.118. The molecule has 5 nitrogen and oxygen atoms in total. The van der Waals surface area contributed by atoms with E-state index in [-0.39, 0.29) is 6.10 Å². The molecule has 1 heterocycles. The maximum absolute atomic E-state index is 12.3. The van der Waals surface area contributed by atoms with E-state index in [1.165, 1.54) is 5.56 Å². The van der Waals surface area contributed by atoms with Gasteiger partial charge in [-0.2, -0.15) is 0 Å². The van der Waals surface area contributed by atoms with Gasteiger partial charge in [-0.3, -0.25) is 5.32 Å². The average Bonchev–Trinajstić information content (AvgIpc) is 2.52. The molecule has 0 radical (unpaired) electrons.